The van der Waals surface area contributed by atoms with Crippen LogP contribution < -0.4 is 9.64 Å². The molecule has 0 unspecified atom stereocenters. The van der Waals surface area contributed by atoms with Crippen molar-refractivity contribution >= 4 is 23.2 Å². The van der Waals surface area contributed by atoms with Crippen molar-refractivity contribution in [2.24, 2.45) is 0 Å². The molecule has 0 aromatic heterocycles. The Bertz CT molecular complexity index is 406. The summed E-state index contributed by atoms with van der Waals surface area (Å²) in [6.07, 6.45) is 0.830. The number of hydrogen-bond acceptors (Lipinski definition) is 2. The van der Waals surface area contributed by atoms with Gasteiger partial charge in [-0.1, -0.05) is 6.07 Å². The Morgan fingerprint density at radius 3 is 3.12 bits per heavy atom. The van der Waals surface area contributed by atoms with Crippen LogP contribution in [0.3, 0.4) is 0 Å². The first kappa shape index (κ1) is 11.3. The molecule has 1 aromatic rings. The van der Waals surface area contributed by atoms with Crippen molar-refractivity contribution < 1.29 is 9.53 Å². The third kappa shape index (κ3) is 2.14. The Hall–Kier alpha value is -1.22. The van der Waals surface area contributed by atoms with Gasteiger partial charge in [0.2, 0.25) is 5.91 Å². The summed E-state index contributed by atoms with van der Waals surface area (Å²) in [5.74, 6) is 0.702. The molecule has 4 heteroatoms. The van der Waals surface area contributed by atoms with Gasteiger partial charge in [0.15, 0.2) is 0 Å². The van der Waals surface area contributed by atoms with E-state index in [-0.39, 0.29) is 11.8 Å². The number of benzene rings is 1. The lowest BCUT2D eigenvalue weighted by Crippen LogP contribution is -2.32. The van der Waals surface area contributed by atoms with Crippen molar-refractivity contribution in [3.05, 3.63) is 23.8 Å². The number of alkyl halides is 1. The van der Waals surface area contributed by atoms with Crippen LogP contribution in [0.2, 0.25) is 0 Å². The van der Waals surface area contributed by atoms with E-state index in [0.717, 1.165) is 23.4 Å². The average molecular weight is 240 g/mol. The minimum atomic E-state index is -0.0704. The van der Waals surface area contributed by atoms with Crippen LogP contribution in [0.4, 0.5) is 5.69 Å². The second-order valence-corrected chi connectivity index (χ2v) is 4.12. The van der Waals surface area contributed by atoms with Gasteiger partial charge < -0.3 is 9.64 Å². The first-order valence-electron chi connectivity index (χ1n) is 5.32. The lowest BCUT2D eigenvalue weighted by atomic mass is 10.2. The van der Waals surface area contributed by atoms with Crippen molar-refractivity contribution in [3.8, 4) is 5.75 Å². The van der Waals surface area contributed by atoms with Gasteiger partial charge in [0.25, 0.3) is 0 Å². The quantitative estimate of drug-likeness (QED) is 0.704. The second kappa shape index (κ2) is 4.74. The molecule has 16 heavy (non-hydrogen) atoms. The van der Waals surface area contributed by atoms with Crippen molar-refractivity contribution in [3.63, 3.8) is 0 Å². The lowest BCUT2D eigenvalue weighted by Gasteiger charge is -2.21. The van der Waals surface area contributed by atoms with Crippen molar-refractivity contribution in [2.45, 2.75) is 13.3 Å². The van der Waals surface area contributed by atoms with E-state index in [1.807, 2.05) is 25.1 Å². The molecule has 3 nitrogen and oxygen atoms in total. The Morgan fingerprint density at radius 1 is 1.56 bits per heavy atom. The van der Waals surface area contributed by atoms with Crippen LogP contribution >= 0.6 is 11.6 Å². The predicted molar refractivity (Wildman–Crippen MR) is 64.4 cm³/mol. The van der Waals surface area contributed by atoms with E-state index in [1.165, 1.54) is 0 Å². The average Bonchev–Trinajstić information content (AvgIpc) is 2.50. The third-order valence-electron chi connectivity index (χ3n) is 2.60. The maximum atomic E-state index is 11.7. The highest BCUT2D eigenvalue weighted by Gasteiger charge is 2.21. The molecule has 0 fully saturated rings. The van der Waals surface area contributed by atoms with Gasteiger partial charge in [0, 0.05) is 6.54 Å². The second-order valence-electron chi connectivity index (χ2n) is 3.85. The van der Waals surface area contributed by atoms with E-state index < -0.39 is 0 Å². The highest BCUT2D eigenvalue weighted by Crippen LogP contribution is 2.31. The molecule has 1 aliphatic heterocycles. The summed E-state index contributed by atoms with van der Waals surface area (Å²) >= 11 is 5.61. The topological polar surface area (TPSA) is 29.5 Å². The fourth-order valence-corrected chi connectivity index (χ4v) is 1.96. The number of halogens is 1. The van der Waals surface area contributed by atoms with Crippen molar-refractivity contribution in [1.29, 1.82) is 0 Å². The summed E-state index contributed by atoms with van der Waals surface area (Å²) in [6, 6.07) is 5.85. The monoisotopic (exact) mass is 239 g/mol. The molecule has 0 bridgehead atoms. The van der Waals surface area contributed by atoms with Gasteiger partial charge in [0.05, 0.1) is 12.3 Å². The third-order valence-corrected chi connectivity index (χ3v) is 2.83. The van der Waals surface area contributed by atoms with Crippen LogP contribution in [0.25, 0.3) is 0 Å². The molecule has 86 valence electrons. The first-order valence-corrected chi connectivity index (χ1v) is 5.85. The molecule has 0 saturated heterocycles. The molecule has 2 rings (SSSR count). The van der Waals surface area contributed by atoms with Gasteiger partial charge in [-0.2, -0.15) is 0 Å². The predicted octanol–water partition coefficient (Wildman–Crippen LogP) is 2.35. The van der Waals surface area contributed by atoms with Gasteiger partial charge >= 0.3 is 0 Å². The Kier molecular flexibility index (Phi) is 3.34. The molecule has 1 amide bonds. The maximum absolute atomic E-state index is 11.7. The number of carbonyl (C=O) groups excluding carboxylic acids is 1. The van der Waals surface area contributed by atoms with Crippen LogP contribution in [-0.4, -0.2) is 24.9 Å². The molecule has 0 atom stereocenters. The Balaban J connectivity index is 2.42. The molecule has 0 saturated carbocycles. The molecular formula is C12H14ClNO2. The summed E-state index contributed by atoms with van der Waals surface area (Å²) < 4.78 is 5.59. The summed E-state index contributed by atoms with van der Waals surface area (Å²) in [5.41, 5.74) is 1.94. The summed E-state index contributed by atoms with van der Waals surface area (Å²) in [6.45, 7) is 3.30. The molecule has 0 radical (unpaired) electrons. The Labute approximate surface area is 100.0 Å². The van der Waals surface area contributed by atoms with Crippen LogP contribution in [-0.2, 0) is 4.79 Å². The lowest BCUT2D eigenvalue weighted by molar-refractivity contribution is -0.116. The number of aryl methyl sites for hydroxylation is 1. The molecule has 0 N–H and O–H groups in total. The molecule has 1 heterocycles. The van der Waals surface area contributed by atoms with Crippen LogP contribution in [0.5, 0.6) is 5.75 Å². The van der Waals surface area contributed by atoms with E-state index in [4.69, 9.17) is 16.3 Å². The fourth-order valence-electron chi connectivity index (χ4n) is 1.82. The molecule has 0 spiro atoms. The van der Waals surface area contributed by atoms with Crippen LogP contribution in [0.1, 0.15) is 12.0 Å². The number of ether oxygens (including phenoxy) is 1. The fraction of sp³-hybridized carbons (Fsp3) is 0.417. The summed E-state index contributed by atoms with van der Waals surface area (Å²) in [5, 5.41) is 0. The van der Waals surface area contributed by atoms with Gasteiger partial charge in [-0.3, -0.25) is 4.79 Å². The van der Waals surface area contributed by atoms with Crippen molar-refractivity contribution in [2.75, 3.05) is 23.9 Å². The van der Waals surface area contributed by atoms with E-state index in [9.17, 15) is 4.79 Å². The normalized spacial score (nSPS) is 15.0. The Morgan fingerprint density at radius 2 is 2.38 bits per heavy atom. The molecule has 0 aliphatic carbocycles. The standard InChI is InChI=1S/C12H14ClNO2/c1-9-3-4-11-10(7-9)14(12(15)8-13)5-2-6-16-11/h3-4,7H,2,5-6,8H2,1H3. The van der Waals surface area contributed by atoms with Crippen LogP contribution in [0, 0.1) is 6.92 Å². The van der Waals surface area contributed by atoms with E-state index in [2.05, 4.69) is 0 Å². The zero-order valence-corrected chi connectivity index (χ0v) is 9.96. The van der Waals surface area contributed by atoms with Crippen molar-refractivity contribution in [1.82, 2.24) is 0 Å². The smallest absolute Gasteiger partial charge is 0.242 e. The number of amides is 1. The molecular weight excluding hydrogens is 226 g/mol. The number of nitrogens with zero attached hydrogens (tertiary/aromatic N) is 1. The minimum absolute atomic E-state index is 0.00732. The highest BCUT2D eigenvalue weighted by molar-refractivity contribution is 6.29. The van der Waals surface area contributed by atoms with Gasteiger partial charge in [-0.05, 0) is 31.0 Å². The van der Waals surface area contributed by atoms with E-state index >= 15 is 0 Å². The van der Waals surface area contributed by atoms with Gasteiger partial charge in [0.1, 0.15) is 11.6 Å². The SMILES string of the molecule is Cc1ccc2c(c1)N(C(=O)CCl)CCCO2. The number of fused-ring (bicyclic) bond motifs is 1. The number of rotatable bonds is 1. The zero-order chi connectivity index (χ0) is 11.5. The largest absolute Gasteiger partial charge is 0.491 e. The van der Waals surface area contributed by atoms with Crippen LogP contribution in [0.15, 0.2) is 18.2 Å². The molecule has 1 aromatic carbocycles. The summed E-state index contributed by atoms with van der Waals surface area (Å²) in [7, 11) is 0. The summed E-state index contributed by atoms with van der Waals surface area (Å²) in [4.78, 5) is 13.4. The minimum Gasteiger partial charge on any atom is -0.491 e. The molecule has 1 aliphatic rings. The maximum Gasteiger partial charge on any atom is 0.242 e. The zero-order valence-electron chi connectivity index (χ0n) is 9.20. The first-order chi connectivity index (χ1) is 7.72. The van der Waals surface area contributed by atoms with E-state index in [0.29, 0.717) is 13.2 Å². The number of anilines is 1. The van der Waals surface area contributed by atoms with E-state index in [1.54, 1.807) is 4.90 Å². The van der Waals surface area contributed by atoms with Gasteiger partial charge in [-0.25, -0.2) is 0 Å². The van der Waals surface area contributed by atoms with Gasteiger partial charge in [-0.15, -0.1) is 11.6 Å². The number of hydrogen-bond donors (Lipinski definition) is 0. The number of carbonyl (C=O) groups is 1. The highest BCUT2D eigenvalue weighted by atomic mass is 35.5.